The van der Waals surface area contributed by atoms with Crippen LogP contribution < -0.4 is 5.32 Å². The number of rotatable bonds is 5. The zero-order valence-electron chi connectivity index (χ0n) is 10.6. The van der Waals surface area contributed by atoms with Gasteiger partial charge in [0.05, 0.1) is 11.7 Å². The maximum absolute atomic E-state index is 11.8. The first-order chi connectivity index (χ1) is 9.16. The van der Waals surface area contributed by atoms with E-state index in [0.29, 0.717) is 12.1 Å². The van der Waals surface area contributed by atoms with Crippen molar-refractivity contribution in [1.29, 1.82) is 0 Å². The number of hydrogen-bond acceptors (Lipinski definition) is 3. The van der Waals surface area contributed by atoms with Crippen LogP contribution in [0.2, 0.25) is 0 Å². The van der Waals surface area contributed by atoms with Crippen molar-refractivity contribution < 1.29 is 19.4 Å². The number of carboxylic acids is 1. The Morgan fingerprint density at radius 2 is 2.32 bits per heavy atom. The smallest absolute Gasteiger partial charge is 0.352 e. The van der Waals surface area contributed by atoms with Gasteiger partial charge >= 0.3 is 5.97 Å². The van der Waals surface area contributed by atoms with Crippen LogP contribution in [-0.2, 0) is 4.74 Å². The first-order valence-corrected chi connectivity index (χ1v) is 6.48. The highest BCUT2D eigenvalue weighted by molar-refractivity contribution is 5.97. The van der Waals surface area contributed by atoms with Gasteiger partial charge in [0.2, 0.25) is 0 Å². The summed E-state index contributed by atoms with van der Waals surface area (Å²) in [6, 6.07) is 1.33. The molecule has 0 spiro atoms. The second kappa shape index (κ2) is 6.38. The average molecular weight is 266 g/mol. The van der Waals surface area contributed by atoms with Crippen LogP contribution in [0.1, 0.15) is 46.5 Å². The molecule has 0 aromatic carbocycles. The van der Waals surface area contributed by atoms with E-state index < -0.39 is 5.97 Å². The lowest BCUT2D eigenvalue weighted by molar-refractivity contribution is 0.0117. The summed E-state index contributed by atoms with van der Waals surface area (Å²) in [5.41, 5.74) is 0.350. The number of carbonyl (C=O) groups is 2. The molecule has 1 saturated heterocycles. The zero-order valence-corrected chi connectivity index (χ0v) is 10.6. The van der Waals surface area contributed by atoms with Crippen molar-refractivity contribution in [1.82, 2.24) is 10.3 Å². The van der Waals surface area contributed by atoms with Crippen molar-refractivity contribution in [3.05, 3.63) is 23.5 Å². The van der Waals surface area contributed by atoms with E-state index in [4.69, 9.17) is 9.84 Å². The number of carbonyl (C=O) groups excluding carboxylic acids is 1. The maximum atomic E-state index is 11.8. The second-order valence-electron chi connectivity index (χ2n) is 4.64. The van der Waals surface area contributed by atoms with E-state index >= 15 is 0 Å². The van der Waals surface area contributed by atoms with Gasteiger partial charge in [-0.2, -0.15) is 0 Å². The lowest BCUT2D eigenvalue weighted by atomic mass is 10.1. The van der Waals surface area contributed by atoms with Gasteiger partial charge in [0.1, 0.15) is 5.69 Å². The molecule has 2 rings (SSSR count). The predicted octanol–water partition coefficient (Wildman–Crippen LogP) is 1.40. The lowest BCUT2D eigenvalue weighted by Crippen LogP contribution is -2.29. The number of aromatic carboxylic acids is 1. The molecule has 1 aliphatic rings. The molecule has 104 valence electrons. The number of nitrogens with one attached hydrogen (secondary N) is 2. The van der Waals surface area contributed by atoms with Gasteiger partial charge in [-0.3, -0.25) is 4.79 Å². The summed E-state index contributed by atoms with van der Waals surface area (Å²) in [6.45, 7) is 1.34. The Kier molecular flexibility index (Phi) is 4.57. The fraction of sp³-hybridized carbons (Fsp3) is 0.538. The molecule has 1 amide bonds. The SMILES string of the molecule is O=C(NCCC1CCCCO1)c1c[nH]c(C(=O)O)c1. The van der Waals surface area contributed by atoms with Crippen LogP contribution in [0.25, 0.3) is 0 Å². The molecule has 1 unspecified atom stereocenters. The third-order valence-electron chi connectivity index (χ3n) is 3.20. The molecular formula is C13H18N2O4. The molecule has 1 aromatic heterocycles. The van der Waals surface area contributed by atoms with Crippen molar-refractivity contribution in [3.8, 4) is 0 Å². The normalized spacial score (nSPS) is 19.1. The van der Waals surface area contributed by atoms with Crippen LogP contribution in [0.15, 0.2) is 12.3 Å². The summed E-state index contributed by atoms with van der Waals surface area (Å²) in [5.74, 6) is -1.34. The van der Waals surface area contributed by atoms with E-state index in [2.05, 4.69) is 10.3 Å². The number of ether oxygens (including phenoxy) is 1. The Labute approximate surface area is 111 Å². The molecule has 1 atom stereocenters. The number of H-pyrrole nitrogens is 1. The lowest BCUT2D eigenvalue weighted by Gasteiger charge is -2.22. The van der Waals surface area contributed by atoms with Gasteiger partial charge in [-0.15, -0.1) is 0 Å². The summed E-state index contributed by atoms with van der Waals surface area (Å²) in [6.07, 6.45) is 5.76. The molecule has 6 heteroatoms. The van der Waals surface area contributed by atoms with Crippen LogP contribution in [0.3, 0.4) is 0 Å². The standard InChI is InChI=1S/C13H18N2O4/c16-12(9-7-11(13(17)18)15-8-9)14-5-4-10-3-1-2-6-19-10/h7-8,10,15H,1-6H2,(H,14,16)(H,17,18). The van der Waals surface area contributed by atoms with Gasteiger partial charge in [0.25, 0.3) is 5.91 Å². The fourth-order valence-corrected chi connectivity index (χ4v) is 2.13. The highest BCUT2D eigenvalue weighted by atomic mass is 16.5. The molecule has 2 heterocycles. The number of carboxylic acid groups (broad SMARTS) is 1. The van der Waals surface area contributed by atoms with E-state index in [-0.39, 0.29) is 17.7 Å². The molecule has 1 aromatic rings. The number of amides is 1. The van der Waals surface area contributed by atoms with Gasteiger partial charge in [-0.1, -0.05) is 0 Å². The third kappa shape index (κ3) is 3.82. The van der Waals surface area contributed by atoms with Crippen LogP contribution in [-0.4, -0.2) is 41.2 Å². The largest absolute Gasteiger partial charge is 0.477 e. The van der Waals surface area contributed by atoms with Crippen molar-refractivity contribution in [2.24, 2.45) is 0 Å². The first-order valence-electron chi connectivity index (χ1n) is 6.48. The van der Waals surface area contributed by atoms with Crippen molar-refractivity contribution >= 4 is 11.9 Å². The molecule has 3 N–H and O–H groups in total. The molecule has 0 radical (unpaired) electrons. The van der Waals surface area contributed by atoms with Gasteiger partial charge in [-0.05, 0) is 31.7 Å². The van der Waals surface area contributed by atoms with Gasteiger partial charge in [0.15, 0.2) is 0 Å². The molecular weight excluding hydrogens is 248 g/mol. The minimum absolute atomic E-state index is 0.0146. The monoisotopic (exact) mass is 266 g/mol. The Morgan fingerprint density at radius 3 is 2.95 bits per heavy atom. The summed E-state index contributed by atoms with van der Waals surface area (Å²) in [5, 5.41) is 11.5. The topological polar surface area (TPSA) is 91.4 Å². The van der Waals surface area contributed by atoms with Gasteiger partial charge in [-0.25, -0.2) is 4.79 Å². The minimum Gasteiger partial charge on any atom is -0.477 e. The summed E-state index contributed by atoms with van der Waals surface area (Å²) in [4.78, 5) is 25.0. The highest BCUT2D eigenvalue weighted by Gasteiger charge is 2.15. The Morgan fingerprint density at radius 1 is 1.47 bits per heavy atom. The highest BCUT2D eigenvalue weighted by Crippen LogP contribution is 2.14. The predicted molar refractivity (Wildman–Crippen MR) is 68.3 cm³/mol. The van der Waals surface area contributed by atoms with Crippen LogP contribution in [0.5, 0.6) is 0 Å². The second-order valence-corrected chi connectivity index (χ2v) is 4.64. The first kappa shape index (κ1) is 13.6. The Hall–Kier alpha value is -1.82. The molecule has 1 fully saturated rings. The average Bonchev–Trinajstić information content (AvgIpc) is 2.89. The van der Waals surface area contributed by atoms with E-state index in [9.17, 15) is 9.59 Å². The minimum atomic E-state index is -1.07. The molecule has 0 saturated carbocycles. The number of hydrogen-bond donors (Lipinski definition) is 3. The van der Waals surface area contributed by atoms with Crippen molar-refractivity contribution in [2.75, 3.05) is 13.2 Å². The van der Waals surface area contributed by atoms with E-state index in [0.717, 1.165) is 25.9 Å². The molecule has 0 bridgehead atoms. The summed E-state index contributed by atoms with van der Waals surface area (Å²) < 4.78 is 5.57. The van der Waals surface area contributed by atoms with Crippen LogP contribution in [0, 0.1) is 0 Å². The number of aromatic nitrogens is 1. The van der Waals surface area contributed by atoms with E-state index in [1.54, 1.807) is 0 Å². The number of aromatic amines is 1. The Bertz CT molecular complexity index is 449. The van der Waals surface area contributed by atoms with Gasteiger partial charge < -0.3 is 20.1 Å². The molecule has 1 aliphatic heterocycles. The molecule has 6 nitrogen and oxygen atoms in total. The maximum Gasteiger partial charge on any atom is 0.352 e. The summed E-state index contributed by atoms with van der Waals surface area (Å²) >= 11 is 0. The van der Waals surface area contributed by atoms with Crippen molar-refractivity contribution in [2.45, 2.75) is 31.8 Å². The van der Waals surface area contributed by atoms with Crippen LogP contribution >= 0.6 is 0 Å². The van der Waals surface area contributed by atoms with E-state index in [1.165, 1.54) is 18.7 Å². The van der Waals surface area contributed by atoms with E-state index in [1.807, 2.05) is 0 Å². The molecule has 0 aliphatic carbocycles. The zero-order chi connectivity index (χ0) is 13.7. The Balaban J connectivity index is 1.75. The fourth-order valence-electron chi connectivity index (χ4n) is 2.13. The summed E-state index contributed by atoms with van der Waals surface area (Å²) in [7, 11) is 0. The van der Waals surface area contributed by atoms with Crippen LogP contribution in [0.4, 0.5) is 0 Å². The van der Waals surface area contributed by atoms with Crippen molar-refractivity contribution in [3.63, 3.8) is 0 Å². The quantitative estimate of drug-likeness (QED) is 0.751. The molecule has 19 heavy (non-hydrogen) atoms. The third-order valence-corrected chi connectivity index (χ3v) is 3.20. The van der Waals surface area contributed by atoms with Gasteiger partial charge in [0, 0.05) is 19.3 Å².